The Balaban J connectivity index is 2.20. The molecule has 0 unspecified atom stereocenters. The molecule has 0 fully saturated rings. The summed E-state index contributed by atoms with van der Waals surface area (Å²) in [6.45, 7) is 7.79. The maximum atomic E-state index is 3.30. The summed E-state index contributed by atoms with van der Waals surface area (Å²) < 4.78 is 1.99. The topological polar surface area (TPSA) is 17.0 Å². The van der Waals surface area contributed by atoms with E-state index in [0.29, 0.717) is 5.41 Å². The lowest BCUT2D eigenvalue weighted by atomic mass is 9.93. The van der Waals surface area contributed by atoms with Crippen LogP contribution in [-0.4, -0.2) is 11.2 Å². The van der Waals surface area contributed by atoms with Crippen molar-refractivity contribution < 1.29 is 0 Å². The highest BCUT2D eigenvalue weighted by molar-refractivity contribution is 4.93. The third-order valence-corrected chi connectivity index (χ3v) is 1.77. The first-order chi connectivity index (χ1) is 5.58. The molecule has 12 heavy (non-hydrogen) atoms. The number of rotatable bonds is 3. The average Bonchev–Trinajstić information content (AvgIpc) is 2.36. The summed E-state index contributed by atoms with van der Waals surface area (Å²) in [5, 5.41) is 0. The molecule has 0 aliphatic rings. The molecule has 68 valence electrons. The highest BCUT2D eigenvalue weighted by Gasteiger charge is 2.08. The van der Waals surface area contributed by atoms with E-state index in [1.807, 2.05) is 29.2 Å². The normalized spacial score (nSPS) is 11.6. The zero-order valence-electron chi connectivity index (χ0n) is 8.17. The van der Waals surface area contributed by atoms with Gasteiger partial charge in [-0.2, -0.15) is 0 Å². The van der Waals surface area contributed by atoms with Crippen molar-refractivity contribution in [2.45, 2.75) is 27.2 Å². The molecule has 1 aromatic heterocycles. The number of nitrogens with zero attached hydrogens (tertiary/aromatic N) is 1. The molecule has 0 aromatic carbocycles. The fourth-order valence-corrected chi connectivity index (χ4v) is 1.000. The fraction of sp³-hybridized carbons (Fsp3) is 0.600. The highest BCUT2D eigenvalue weighted by atomic mass is 15.4. The molecule has 1 aromatic rings. The van der Waals surface area contributed by atoms with Crippen LogP contribution in [-0.2, 0) is 0 Å². The second-order valence-electron chi connectivity index (χ2n) is 4.31. The molecule has 1 rings (SSSR count). The van der Waals surface area contributed by atoms with Crippen molar-refractivity contribution in [2.75, 3.05) is 12.0 Å². The van der Waals surface area contributed by atoms with Crippen molar-refractivity contribution in [3.63, 3.8) is 0 Å². The second-order valence-corrected chi connectivity index (χ2v) is 4.31. The highest BCUT2D eigenvalue weighted by Crippen LogP contribution is 2.17. The predicted octanol–water partition coefficient (Wildman–Crippen LogP) is 2.47. The van der Waals surface area contributed by atoms with Gasteiger partial charge >= 0.3 is 0 Å². The molecule has 0 saturated heterocycles. The van der Waals surface area contributed by atoms with Gasteiger partial charge in [-0.25, -0.2) is 0 Å². The largest absolute Gasteiger partial charge is 0.326 e. The first kappa shape index (κ1) is 9.17. The standard InChI is InChI=1S/C10H18N2/c1-10(2,3)6-7-11-12-8-4-5-9-12/h4-5,8-9,11H,6-7H2,1-3H3. The van der Waals surface area contributed by atoms with Crippen LogP contribution < -0.4 is 5.43 Å². The van der Waals surface area contributed by atoms with E-state index in [1.54, 1.807) is 0 Å². The van der Waals surface area contributed by atoms with E-state index in [-0.39, 0.29) is 0 Å². The predicted molar refractivity (Wildman–Crippen MR) is 52.7 cm³/mol. The molecule has 1 heterocycles. The van der Waals surface area contributed by atoms with Gasteiger partial charge in [0.2, 0.25) is 0 Å². The van der Waals surface area contributed by atoms with E-state index >= 15 is 0 Å². The van der Waals surface area contributed by atoms with E-state index in [4.69, 9.17) is 0 Å². The zero-order valence-corrected chi connectivity index (χ0v) is 8.17. The van der Waals surface area contributed by atoms with Gasteiger partial charge in [-0.3, -0.25) is 4.68 Å². The first-order valence-corrected chi connectivity index (χ1v) is 4.45. The number of aromatic nitrogens is 1. The lowest BCUT2D eigenvalue weighted by Crippen LogP contribution is -2.19. The Labute approximate surface area is 74.6 Å². The Kier molecular flexibility index (Phi) is 2.79. The van der Waals surface area contributed by atoms with Crippen molar-refractivity contribution in [3.05, 3.63) is 24.5 Å². The van der Waals surface area contributed by atoms with Crippen molar-refractivity contribution in [1.82, 2.24) is 4.68 Å². The maximum Gasteiger partial charge on any atom is 0.0318 e. The summed E-state index contributed by atoms with van der Waals surface area (Å²) in [5.74, 6) is 0. The summed E-state index contributed by atoms with van der Waals surface area (Å²) in [6, 6.07) is 4.04. The lowest BCUT2D eigenvalue weighted by Gasteiger charge is -2.18. The lowest BCUT2D eigenvalue weighted by molar-refractivity contribution is 0.384. The van der Waals surface area contributed by atoms with Crippen molar-refractivity contribution in [3.8, 4) is 0 Å². The Hall–Kier alpha value is -0.920. The van der Waals surface area contributed by atoms with E-state index < -0.39 is 0 Å². The zero-order chi connectivity index (χ0) is 9.03. The number of hydrogen-bond donors (Lipinski definition) is 1. The minimum absolute atomic E-state index is 0.417. The van der Waals surface area contributed by atoms with Gasteiger partial charge in [-0.05, 0) is 24.0 Å². The van der Waals surface area contributed by atoms with Gasteiger partial charge in [0.25, 0.3) is 0 Å². The summed E-state index contributed by atoms with van der Waals surface area (Å²) >= 11 is 0. The van der Waals surface area contributed by atoms with Crippen LogP contribution >= 0.6 is 0 Å². The van der Waals surface area contributed by atoms with Crippen LogP contribution in [0.2, 0.25) is 0 Å². The van der Waals surface area contributed by atoms with E-state index in [2.05, 4.69) is 26.2 Å². The number of nitrogens with one attached hydrogen (secondary N) is 1. The van der Waals surface area contributed by atoms with Crippen LogP contribution in [0.3, 0.4) is 0 Å². The van der Waals surface area contributed by atoms with Gasteiger partial charge in [0.15, 0.2) is 0 Å². The maximum absolute atomic E-state index is 3.30. The van der Waals surface area contributed by atoms with Crippen LogP contribution in [0.25, 0.3) is 0 Å². The Bertz CT molecular complexity index is 206. The summed E-state index contributed by atoms with van der Waals surface area (Å²) in [6.07, 6.45) is 5.22. The molecule has 0 aliphatic carbocycles. The fourth-order valence-electron chi connectivity index (χ4n) is 1.000. The van der Waals surface area contributed by atoms with Crippen molar-refractivity contribution in [1.29, 1.82) is 0 Å². The van der Waals surface area contributed by atoms with Gasteiger partial charge < -0.3 is 5.43 Å². The van der Waals surface area contributed by atoms with E-state index in [0.717, 1.165) is 6.54 Å². The van der Waals surface area contributed by atoms with Crippen LogP contribution in [0.5, 0.6) is 0 Å². The molecule has 0 saturated carbocycles. The van der Waals surface area contributed by atoms with Gasteiger partial charge in [-0.15, -0.1) is 0 Å². The van der Waals surface area contributed by atoms with Crippen LogP contribution in [0.4, 0.5) is 0 Å². The molecule has 2 nitrogen and oxygen atoms in total. The minimum atomic E-state index is 0.417. The quantitative estimate of drug-likeness (QED) is 0.730. The van der Waals surface area contributed by atoms with Crippen LogP contribution in [0.1, 0.15) is 27.2 Å². The van der Waals surface area contributed by atoms with Gasteiger partial charge in [-0.1, -0.05) is 20.8 Å². The monoisotopic (exact) mass is 166 g/mol. The van der Waals surface area contributed by atoms with Gasteiger partial charge in [0.05, 0.1) is 0 Å². The minimum Gasteiger partial charge on any atom is -0.326 e. The molecule has 0 amide bonds. The average molecular weight is 166 g/mol. The smallest absolute Gasteiger partial charge is 0.0318 e. The first-order valence-electron chi connectivity index (χ1n) is 4.45. The van der Waals surface area contributed by atoms with Crippen molar-refractivity contribution >= 4 is 0 Å². The Morgan fingerprint density at radius 3 is 2.25 bits per heavy atom. The van der Waals surface area contributed by atoms with Crippen LogP contribution in [0.15, 0.2) is 24.5 Å². The summed E-state index contributed by atoms with van der Waals surface area (Å²) in [7, 11) is 0. The Morgan fingerprint density at radius 1 is 1.17 bits per heavy atom. The van der Waals surface area contributed by atoms with Crippen molar-refractivity contribution in [2.24, 2.45) is 5.41 Å². The molecular formula is C10H18N2. The SMILES string of the molecule is CC(C)(C)CCNn1cccc1. The van der Waals surface area contributed by atoms with Gasteiger partial charge in [0, 0.05) is 18.9 Å². The molecule has 0 atom stereocenters. The molecule has 0 radical (unpaired) electrons. The molecule has 0 aliphatic heterocycles. The van der Waals surface area contributed by atoms with E-state index in [1.165, 1.54) is 6.42 Å². The molecule has 0 spiro atoms. The summed E-state index contributed by atoms with van der Waals surface area (Å²) in [4.78, 5) is 0. The molecule has 2 heteroatoms. The van der Waals surface area contributed by atoms with Crippen LogP contribution in [0, 0.1) is 5.41 Å². The third kappa shape index (κ3) is 3.46. The Morgan fingerprint density at radius 2 is 1.75 bits per heavy atom. The molecule has 0 bridgehead atoms. The molecular weight excluding hydrogens is 148 g/mol. The second kappa shape index (κ2) is 3.65. The summed E-state index contributed by atoms with van der Waals surface area (Å²) in [5.41, 5.74) is 3.71. The third-order valence-electron chi connectivity index (χ3n) is 1.77. The molecule has 1 N–H and O–H groups in total. The van der Waals surface area contributed by atoms with E-state index in [9.17, 15) is 0 Å². The number of hydrogen-bond acceptors (Lipinski definition) is 1. The van der Waals surface area contributed by atoms with Gasteiger partial charge in [0.1, 0.15) is 0 Å².